The smallest absolute Gasteiger partial charge is 0.258 e. The Morgan fingerprint density at radius 3 is 2.52 bits per heavy atom. The molecule has 1 aromatic carbocycles. The van der Waals surface area contributed by atoms with E-state index in [1.807, 2.05) is 24.3 Å². The van der Waals surface area contributed by atoms with Gasteiger partial charge < -0.3 is 5.32 Å². The second-order valence-electron chi connectivity index (χ2n) is 5.77. The molecular formula is C18H16ClN3O. The van der Waals surface area contributed by atoms with E-state index in [4.69, 9.17) is 11.6 Å². The van der Waals surface area contributed by atoms with Crippen molar-refractivity contribution in [3.05, 3.63) is 58.9 Å². The maximum absolute atomic E-state index is 12.2. The Hall–Kier alpha value is -2.38. The van der Waals surface area contributed by atoms with Crippen LogP contribution in [0.1, 0.15) is 41.6 Å². The van der Waals surface area contributed by atoms with E-state index in [0.29, 0.717) is 11.3 Å². The highest BCUT2D eigenvalue weighted by atomic mass is 35.5. The van der Waals surface area contributed by atoms with E-state index in [0.717, 1.165) is 31.2 Å². The summed E-state index contributed by atoms with van der Waals surface area (Å²) >= 11 is 5.93. The summed E-state index contributed by atoms with van der Waals surface area (Å²) in [6, 6.07) is 13.3. The van der Waals surface area contributed by atoms with Crippen LogP contribution in [0.25, 0.3) is 0 Å². The monoisotopic (exact) mass is 325 g/mol. The molecule has 0 atom stereocenters. The molecule has 23 heavy (non-hydrogen) atoms. The molecule has 0 spiro atoms. The number of nitriles is 1. The number of hydrogen-bond acceptors (Lipinski definition) is 3. The third kappa shape index (κ3) is 3.06. The molecule has 1 heterocycles. The molecule has 0 radical (unpaired) electrons. The van der Waals surface area contributed by atoms with E-state index < -0.39 is 0 Å². The van der Waals surface area contributed by atoms with Crippen molar-refractivity contribution in [2.24, 2.45) is 0 Å². The Balaban J connectivity index is 1.77. The number of carbonyl (C=O) groups excluding carboxylic acids is 1. The van der Waals surface area contributed by atoms with E-state index in [9.17, 15) is 10.1 Å². The quantitative estimate of drug-likeness (QED) is 0.854. The van der Waals surface area contributed by atoms with Gasteiger partial charge >= 0.3 is 0 Å². The molecule has 1 aliphatic carbocycles. The van der Waals surface area contributed by atoms with Gasteiger partial charge in [0.2, 0.25) is 0 Å². The molecule has 1 N–H and O–H groups in total. The van der Waals surface area contributed by atoms with Crippen molar-refractivity contribution >= 4 is 23.2 Å². The number of benzene rings is 1. The minimum Gasteiger partial charge on any atom is -0.322 e. The fourth-order valence-electron chi connectivity index (χ4n) is 3.07. The van der Waals surface area contributed by atoms with Crippen molar-refractivity contribution in [1.29, 1.82) is 5.26 Å². The number of hydrogen-bond donors (Lipinski definition) is 1. The van der Waals surface area contributed by atoms with Crippen molar-refractivity contribution in [3.63, 3.8) is 0 Å². The molecule has 1 fully saturated rings. The number of rotatable bonds is 3. The average molecular weight is 326 g/mol. The summed E-state index contributed by atoms with van der Waals surface area (Å²) in [7, 11) is 0. The van der Waals surface area contributed by atoms with Gasteiger partial charge in [-0.1, -0.05) is 36.6 Å². The van der Waals surface area contributed by atoms with Crippen LogP contribution in [0, 0.1) is 11.3 Å². The summed E-state index contributed by atoms with van der Waals surface area (Å²) in [6.07, 6.45) is 5.52. The van der Waals surface area contributed by atoms with E-state index in [1.165, 1.54) is 6.20 Å². The van der Waals surface area contributed by atoms with Gasteiger partial charge in [0.05, 0.1) is 17.0 Å². The molecule has 0 aliphatic heterocycles. The summed E-state index contributed by atoms with van der Waals surface area (Å²) in [5.74, 6) is -0.299. The van der Waals surface area contributed by atoms with E-state index in [2.05, 4.69) is 16.4 Å². The van der Waals surface area contributed by atoms with Gasteiger partial charge in [-0.2, -0.15) is 5.26 Å². The minimum atomic E-state index is -0.366. The van der Waals surface area contributed by atoms with Crippen LogP contribution in [0.4, 0.5) is 5.69 Å². The summed E-state index contributed by atoms with van der Waals surface area (Å²) in [5, 5.41) is 12.5. The number of nitrogens with one attached hydrogen (secondary N) is 1. The number of anilines is 1. The van der Waals surface area contributed by atoms with E-state index in [-0.39, 0.29) is 16.5 Å². The van der Waals surface area contributed by atoms with Crippen LogP contribution in [0.2, 0.25) is 5.15 Å². The molecule has 1 saturated carbocycles. The van der Waals surface area contributed by atoms with Gasteiger partial charge in [0, 0.05) is 11.9 Å². The van der Waals surface area contributed by atoms with Gasteiger partial charge in [-0.3, -0.25) is 4.79 Å². The fraction of sp³-hybridized carbons (Fsp3) is 0.278. The van der Waals surface area contributed by atoms with Crippen LogP contribution < -0.4 is 5.32 Å². The van der Waals surface area contributed by atoms with Gasteiger partial charge in [0.1, 0.15) is 5.15 Å². The Labute approximate surface area is 140 Å². The molecule has 4 nitrogen and oxygen atoms in total. The summed E-state index contributed by atoms with van der Waals surface area (Å²) < 4.78 is 0. The second-order valence-corrected chi connectivity index (χ2v) is 6.13. The standard InChI is InChI=1S/C18H16ClN3O/c19-16-15(4-3-11-21-16)17(23)22-14-7-5-13(6-8-14)18(12-20)9-1-2-10-18/h3-8,11H,1-2,9-10H2,(H,22,23). The number of carbonyl (C=O) groups is 1. The normalized spacial score (nSPS) is 15.8. The number of pyridine rings is 1. The second kappa shape index (κ2) is 6.39. The first-order valence-corrected chi connectivity index (χ1v) is 7.96. The predicted octanol–water partition coefficient (Wildman–Crippen LogP) is 4.32. The Morgan fingerprint density at radius 1 is 1.22 bits per heavy atom. The summed E-state index contributed by atoms with van der Waals surface area (Å²) in [6.45, 7) is 0. The molecule has 1 aliphatic rings. The molecule has 2 aromatic rings. The summed E-state index contributed by atoms with van der Waals surface area (Å²) in [4.78, 5) is 16.1. The first-order chi connectivity index (χ1) is 11.1. The van der Waals surface area contributed by atoms with Crippen molar-refractivity contribution in [3.8, 4) is 6.07 Å². The number of aromatic nitrogens is 1. The molecular weight excluding hydrogens is 310 g/mol. The predicted molar refractivity (Wildman–Crippen MR) is 89.4 cm³/mol. The van der Waals surface area contributed by atoms with Crippen molar-refractivity contribution < 1.29 is 4.79 Å². The maximum Gasteiger partial charge on any atom is 0.258 e. The lowest BCUT2D eigenvalue weighted by atomic mass is 9.80. The molecule has 5 heteroatoms. The molecule has 0 saturated heterocycles. The average Bonchev–Trinajstić information content (AvgIpc) is 3.06. The Morgan fingerprint density at radius 2 is 1.91 bits per heavy atom. The van der Waals surface area contributed by atoms with Crippen LogP contribution in [0.15, 0.2) is 42.6 Å². The van der Waals surface area contributed by atoms with Gasteiger partial charge in [-0.15, -0.1) is 0 Å². The molecule has 3 rings (SSSR count). The highest BCUT2D eigenvalue weighted by Crippen LogP contribution is 2.40. The zero-order valence-electron chi connectivity index (χ0n) is 12.6. The van der Waals surface area contributed by atoms with Crippen molar-refractivity contribution in [2.45, 2.75) is 31.1 Å². The van der Waals surface area contributed by atoms with Gasteiger partial charge in [0.15, 0.2) is 0 Å². The first kappa shape index (κ1) is 15.5. The van der Waals surface area contributed by atoms with Crippen LogP contribution in [-0.2, 0) is 5.41 Å². The SMILES string of the molecule is N#CC1(c2ccc(NC(=O)c3cccnc3Cl)cc2)CCCC1. The third-order valence-corrected chi connectivity index (χ3v) is 4.67. The lowest BCUT2D eigenvalue weighted by Gasteiger charge is -2.21. The summed E-state index contributed by atoms with van der Waals surface area (Å²) in [5.41, 5.74) is 1.66. The Kier molecular flexibility index (Phi) is 4.31. The largest absolute Gasteiger partial charge is 0.322 e. The number of nitrogens with zero attached hydrogens (tertiary/aromatic N) is 2. The van der Waals surface area contributed by atoms with Gasteiger partial charge in [-0.05, 0) is 42.7 Å². The van der Waals surface area contributed by atoms with Gasteiger partial charge in [-0.25, -0.2) is 4.98 Å². The van der Waals surface area contributed by atoms with Crippen molar-refractivity contribution in [1.82, 2.24) is 4.98 Å². The van der Waals surface area contributed by atoms with Crippen LogP contribution in [0.3, 0.4) is 0 Å². The van der Waals surface area contributed by atoms with Crippen LogP contribution in [0.5, 0.6) is 0 Å². The zero-order chi connectivity index (χ0) is 16.3. The third-order valence-electron chi connectivity index (χ3n) is 4.37. The lowest BCUT2D eigenvalue weighted by Crippen LogP contribution is -2.19. The number of amides is 1. The van der Waals surface area contributed by atoms with Crippen LogP contribution >= 0.6 is 11.6 Å². The molecule has 116 valence electrons. The Bertz CT molecular complexity index is 759. The van der Waals surface area contributed by atoms with Crippen molar-refractivity contribution in [2.75, 3.05) is 5.32 Å². The minimum absolute atomic E-state index is 0.177. The highest BCUT2D eigenvalue weighted by molar-refractivity contribution is 6.33. The van der Waals surface area contributed by atoms with E-state index >= 15 is 0 Å². The zero-order valence-corrected chi connectivity index (χ0v) is 13.3. The lowest BCUT2D eigenvalue weighted by molar-refractivity contribution is 0.102. The topological polar surface area (TPSA) is 65.8 Å². The molecule has 1 aromatic heterocycles. The maximum atomic E-state index is 12.2. The highest BCUT2D eigenvalue weighted by Gasteiger charge is 2.35. The molecule has 0 bridgehead atoms. The van der Waals surface area contributed by atoms with Gasteiger partial charge in [0.25, 0.3) is 5.91 Å². The molecule has 1 amide bonds. The van der Waals surface area contributed by atoms with E-state index in [1.54, 1.807) is 12.1 Å². The fourth-order valence-corrected chi connectivity index (χ4v) is 3.28. The molecule has 0 unspecified atom stereocenters. The first-order valence-electron chi connectivity index (χ1n) is 7.58. The van der Waals surface area contributed by atoms with Crippen LogP contribution in [-0.4, -0.2) is 10.9 Å². The number of halogens is 1.